The molecule has 1 aromatic carbocycles. The molecule has 4 nitrogen and oxygen atoms in total. The van der Waals surface area contributed by atoms with Crippen molar-refractivity contribution >= 4 is 17.9 Å². The molecule has 1 N–H and O–H groups in total. The number of pyridine rings is 1. The molecule has 0 saturated heterocycles. The molecular formula is C16H15FN2O2. The van der Waals surface area contributed by atoms with Crippen LogP contribution in [0.3, 0.4) is 0 Å². The van der Waals surface area contributed by atoms with Gasteiger partial charge < -0.3 is 10.0 Å². The minimum absolute atomic E-state index is 0.255. The summed E-state index contributed by atoms with van der Waals surface area (Å²) in [5.41, 5.74) is 1.70. The summed E-state index contributed by atoms with van der Waals surface area (Å²) in [6.07, 6.45) is 4.16. The zero-order valence-electron chi connectivity index (χ0n) is 11.5. The molecule has 0 amide bonds. The Morgan fingerprint density at radius 1 is 1.29 bits per heavy atom. The molecule has 0 unspecified atom stereocenters. The van der Waals surface area contributed by atoms with Crippen molar-refractivity contribution in [3.63, 3.8) is 0 Å². The highest BCUT2D eigenvalue weighted by Crippen LogP contribution is 2.14. The topological polar surface area (TPSA) is 53.4 Å². The van der Waals surface area contributed by atoms with E-state index in [1.165, 1.54) is 18.2 Å². The van der Waals surface area contributed by atoms with Crippen LogP contribution >= 0.6 is 0 Å². The first-order chi connectivity index (χ1) is 10.0. The smallest absolute Gasteiger partial charge is 0.328 e. The number of nitrogens with zero attached hydrogens (tertiary/aromatic N) is 2. The predicted molar refractivity (Wildman–Crippen MR) is 79.4 cm³/mol. The number of halogens is 1. The second kappa shape index (κ2) is 6.65. The summed E-state index contributed by atoms with van der Waals surface area (Å²) >= 11 is 0. The van der Waals surface area contributed by atoms with Gasteiger partial charge in [0, 0.05) is 25.9 Å². The Labute approximate surface area is 122 Å². The van der Waals surface area contributed by atoms with Gasteiger partial charge in [-0.1, -0.05) is 12.1 Å². The van der Waals surface area contributed by atoms with E-state index in [9.17, 15) is 9.18 Å². The second-order valence-corrected chi connectivity index (χ2v) is 4.60. The Kier molecular flexibility index (Phi) is 4.66. The first-order valence-corrected chi connectivity index (χ1v) is 6.37. The van der Waals surface area contributed by atoms with Gasteiger partial charge in [0.2, 0.25) is 0 Å². The number of benzene rings is 1. The van der Waals surface area contributed by atoms with E-state index in [1.54, 1.807) is 24.4 Å². The van der Waals surface area contributed by atoms with Crippen LogP contribution in [0, 0.1) is 5.82 Å². The van der Waals surface area contributed by atoms with Gasteiger partial charge in [-0.3, -0.25) is 0 Å². The Morgan fingerprint density at radius 2 is 2.00 bits per heavy atom. The highest BCUT2D eigenvalue weighted by Gasteiger charge is 2.03. The molecule has 21 heavy (non-hydrogen) atoms. The summed E-state index contributed by atoms with van der Waals surface area (Å²) in [6.45, 7) is 0.609. The fourth-order valence-corrected chi connectivity index (χ4v) is 1.83. The quantitative estimate of drug-likeness (QED) is 0.859. The number of hydrogen-bond acceptors (Lipinski definition) is 3. The van der Waals surface area contributed by atoms with Crippen LogP contribution in [0.5, 0.6) is 0 Å². The van der Waals surface area contributed by atoms with E-state index in [0.717, 1.165) is 23.0 Å². The lowest BCUT2D eigenvalue weighted by atomic mass is 10.2. The van der Waals surface area contributed by atoms with Gasteiger partial charge in [-0.15, -0.1) is 0 Å². The second-order valence-electron chi connectivity index (χ2n) is 4.60. The average Bonchev–Trinajstić information content (AvgIpc) is 2.48. The molecule has 1 heterocycles. The zero-order chi connectivity index (χ0) is 15.2. The van der Waals surface area contributed by atoms with Gasteiger partial charge in [0.05, 0.1) is 0 Å². The van der Waals surface area contributed by atoms with Gasteiger partial charge in [0.15, 0.2) is 0 Å². The highest BCUT2D eigenvalue weighted by atomic mass is 19.1. The zero-order valence-corrected chi connectivity index (χ0v) is 11.5. The van der Waals surface area contributed by atoms with Gasteiger partial charge in [-0.05, 0) is 41.5 Å². The SMILES string of the molecule is CN(Cc1ccc(F)cc1)c1ccc(/C=C/C(=O)O)cn1. The molecule has 0 spiro atoms. The van der Waals surface area contributed by atoms with E-state index in [0.29, 0.717) is 6.54 Å². The third-order valence-corrected chi connectivity index (χ3v) is 2.91. The van der Waals surface area contributed by atoms with Gasteiger partial charge in [0.1, 0.15) is 11.6 Å². The fourth-order valence-electron chi connectivity index (χ4n) is 1.83. The predicted octanol–water partition coefficient (Wildman–Crippen LogP) is 2.95. The van der Waals surface area contributed by atoms with E-state index in [1.807, 2.05) is 18.0 Å². The molecule has 5 heteroatoms. The monoisotopic (exact) mass is 286 g/mol. The Morgan fingerprint density at radius 3 is 2.57 bits per heavy atom. The number of anilines is 1. The van der Waals surface area contributed by atoms with Crippen LogP contribution in [0.1, 0.15) is 11.1 Å². The Hall–Kier alpha value is -2.69. The third-order valence-electron chi connectivity index (χ3n) is 2.91. The Balaban J connectivity index is 2.04. The summed E-state index contributed by atoms with van der Waals surface area (Å²) in [5.74, 6) is -0.492. The summed E-state index contributed by atoms with van der Waals surface area (Å²) in [4.78, 5) is 16.6. The van der Waals surface area contributed by atoms with E-state index in [-0.39, 0.29) is 5.82 Å². The third kappa shape index (κ3) is 4.42. The maximum atomic E-state index is 12.8. The molecule has 0 radical (unpaired) electrons. The van der Waals surface area contributed by atoms with Crippen LogP contribution in [-0.2, 0) is 11.3 Å². The Bertz CT molecular complexity index is 636. The number of aromatic nitrogens is 1. The largest absolute Gasteiger partial charge is 0.478 e. The van der Waals surface area contributed by atoms with Crippen LogP contribution in [0.4, 0.5) is 10.2 Å². The molecule has 0 aliphatic rings. The lowest BCUT2D eigenvalue weighted by Gasteiger charge is -2.18. The van der Waals surface area contributed by atoms with Crippen molar-refractivity contribution < 1.29 is 14.3 Å². The van der Waals surface area contributed by atoms with E-state index < -0.39 is 5.97 Å². The molecule has 0 aliphatic heterocycles. The number of aliphatic carboxylic acids is 1. The van der Waals surface area contributed by atoms with Gasteiger partial charge in [-0.2, -0.15) is 0 Å². The number of carboxylic acid groups (broad SMARTS) is 1. The molecular weight excluding hydrogens is 271 g/mol. The van der Waals surface area contributed by atoms with Gasteiger partial charge in [0.25, 0.3) is 0 Å². The number of rotatable bonds is 5. The van der Waals surface area contributed by atoms with E-state index >= 15 is 0 Å². The van der Waals surface area contributed by atoms with Crippen molar-refractivity contribution in [1.82, 2.24) is 4.98 Å². The summed E-state index contributed by atoms with van der Waals surface area (Å²) in [5, 5.41) is 8.56. The van der Waals surface area contributed by atoms with Crippen molar-refractivity contribution in [2.24, 2.45) is 0 Å². The van der Waals surface area contributed by atoms with Crippen molar-refractivity contribution in [3.05, 3.63) is 65.6 Å². The van der Waals surface area contributed by atoms with Crippen molar-refractivity contribution in [1.29, 1.82) is 0 Å². The van der Waals surface area contributed by atoms with Crippen molar-refractivity contribution in [2.45, 2.75) is 6.54 Å². The van der Waals surface area contributed by atoms with Crippen LogP contribution < -0.4 is 4.90 Å². The lowest BCUT2D eigenvalue weighted by Crippen LogP contribution is -2.17. The molecule has 0 bridgehead atoms. The molecule has 0 saturated carbocycles. The summed E-state index contributed by atoms with van der Waals surface area (Å²) in [6, 6.07) is 9.92. The standard InChI is InChI=1S/C16H15FN2O2/c1-19(11-13-2-6-14(17)7-3-13)15-8-4-12(10-18-15)5-9-16(20)21/h2-10H,11H2,1H3,(H,20,21)/b9-5+. The van der Waals surface area contributed by atoms with Crippen LogP contribution in [0.2, 0.25) is 0 Å². The fraction of sp³-hybridized carbons (Fsp3) is 0.125. The average molecular weight is 286 g/mol. The molecule has 2 aromatic rings. The molecule has 1 aromatic heterocycles. The molecule has 0 aliphatic carbocycles. The summed E-state index contributed by atoms with van der Waals surface area (Å²) in [7, 11) is 1.89. The maximum absolute atomic E-state index is 12.8. The summed E-state index contributed by atoms with van der Waals surface area (Å²) < 4.78 is 12.8. The minimum atomic E-state index is -0.993. The number of carboxylic acids is 1. The van der Waals surface area contributed by atoms with Gasteiger partial charge >= 0.3 is 5.97 Å². The molecule has 2 rings (SSSR count). The van der Waals surface area contributed by atoms with E-state index in [4.69, 9.17) is 5.11 Å². The van der Waals surface area contributed by atoms with Crippen molar-refractivity contribution in [3.8, 4) is 0 Å². The number of carbonyl (C=O) groups is 1. The van der Waals surface area contributed by atoms with Crippen molar-refractivity contribution in [2.75, 3.05) is 11.9 Å². The van der Waals surface area contributed by atoms with Gasteiger partial charge in [-0.25, -0.2) is 14.2 Å². The first kappa shape index (κ1) is 14.7. The molecule has 0 atom stereocenters. The highest BCUT2D eigenvalue weighted by molar-refractivity contribution is 5.85. The lowest BCUT2D eigenvalue weighted by molar-refractivity contribution is -0.131. The number of hydrogen-bond donors (Lipinski definition) is 1. The van der Waals surface area contributed by atoms with Crippen LogP contribution in [-0.4, -0.2) is 23.1 Å². The molecule has 0 fully saturated rings. The molecule has 108 valence electrons. The first-order valence-electron chi connectivity index (χ1n) is 6.37. The minimum Gasteiger partial charge on any atom is -0.478 e. The normalized spacial score (nSPS) is 10.8. The van der Waals surface area contributed by atoms with Crippen LogP contribution in [0.25, 0.3) is 6.08 Å². The van der Waals surface area contributed by atoms with E-state index in [2.05, 4.69) is 4.98 Å². The van der Waals surface area contributed by atoms with Crippen LogP contribution in [0.15, 0.2) is 48.7 Å². The maximum Gasteiger partial charge on any atom is 0.328 e.